The van der Waals surface area contributed by atoms with Crippen molar-refractivity contribution < 1.29 is 9.53 Å². The number of ether oxygens (including phenoxy) is 1. The van der Waals surface area contributed by atoms with Crippen LogP contribution in [0, 0.1) is 12.8 Å². The Bertz CT molecular complexity index is 444. The van der Waals surface area contributed by atoms with Gasteiger partial charge in [-0.2, -0.15) is 0 Å². The number of hydrogen-bond donors (Lipinski definition) is 2. The first-order valence-corrected chi connectivity index (χ1v) is 7.30. The fourth-order valence-corrected chi connectivity index (χ4v) is 2.36. The number of rotatable bonds is 4. The van der Waals surface area contributed by atoms with E-state index in [4.69, 9.17) is 4.74 Å². The summed E-state index contributed by atoms with van der Waals surface area (Å²) < 4.78 is 5.68. The number of amides is 1. The zero-order chi connectivity index (χ0) is 14.5. The molecule has 20 heavy (non-hydrogen) atoms. The predicted octanol–water partition coefficient (Wildman–Crippen LogP) is 1.88. The summed E-state index contributed by atoms with van der Waals surface area (Å²) in [6, 6.07) is 7.94. The van der Waals surface area contributed by atoms with Crippen molar-refractivity contribution in [1.82, 2.24) is 10.6 Å². The Labute approximate surface area is 120 Å². The van der Waals surface area contributed by atoms with Gasteiger partial charge in [0, 0.05) is 12.6 Å². The van der Waals surface area contributed by atoms with Crippen LogP contribution in [0.1, 0.15) is 25.8 Å². The lowest BCUT2D eigenvalue weighted by Gasteiger charge is -2.31. The third-order valence-electron chi connectivity index (χ3n) is 3.86. The standard InChI is InChI=1S/C16H24N2O2/c1-11-4-6-14(7-5-11)20-13(3)16(19)18-15-10-17-9-8-12(15)2/h4-7,12-13,15,17H,8-10H2,1-3H3,(H,18,19). The van der Waals surface area contributed by atoms with E-state index in [1.165, 1.54) is 5.56 Å². The molecule has 1 saturated heterocycles. The van der Waals surface area contributed by atoms with Crippen LogP contribution in [0.15, 0.2) is 24.3 Å². The summed E-state index contributed by atoms with van der Waals surface area (Å²) in [6.07, 6.45) is 0.616. The van der Waals surface area contributed by atoms with Gasteiger partial charge in [0.15, 0.2) is 6.10 Å². The molecule has 3 unspecified atom stereocenters. The van der Waals surface area contributed by atoms with E-state index in [1.54, 1.807) is 6.92 Å². The van der Waals surface area contributed by atoms with E-state index in [0.29, 0.717) is 5.92 Å². The van der Waals surface area contributed by atoms with E-state index >= 15 is 0 Å². The molecule has 0 radical (unpaired) electrons. The predicted molar refractivity (Wildman–Crippen MR) is 79.9 cm³/mol. The van der Waals surface area contributed by atoms with Crippen molar-refractivity contribution in [2.24, 2.45) is 5.92 Å². The topological polar surface area (TPSA) is 50.4 Å². The highest BCUT2D eigenvalue weighted by Gasteiger charge is 2.25. The molecule has 4 nitrogen and oxygen atoms in total. The van der Waals surface area contributed by atoms with Crippen LogP contribution >= 0.6 is 0 Å². The van der Waals surface area contributed by atoms with Gasteiger partial charge in [-0.1, -0.05) is 24.6 Å². The Kier molecular flexibility index (Phi) is 5.01. The second-order valence-corrected chi connectivity index (χ2v) is 5.66. The number of piperidine rings is 1. The molecule has 0 bridgehead atoms. The molecule has 1 fully saturated rings. The van der Waals surface area contributed by atoms with Crippen LogP contribution in [0.25, 0.3) is 0 Å². The van der Waals surface area contributed by atoms with Crippen LogP contribution in [0.4, 0.5) is 0 Å². The van der Waals surface area contributed by atoms with Crippen LogP contribution in [-0.2, 0) is 4.79 Å². The van der Waals surface area contributed by atoms with Gasteiger partial charge < -0.3 is 15.4 Å². The summed E-state index contributed by atoms with van der Waals surface area (Å²) in [5, 5.41) is 6.38. The molecule has 2 N–H and O–H groups in total. The molecule has 2 rings (SSSR count). The molecule has 1 amide bonds. The lowest BCUT2D eigenvalue weighted by atomic mass is 9.95. The summed E-state index contributed by atoms with van der Waals surface area (Å²) in [4.78, 5) is 12.2. The van der Waals surface area contributed by atoms with Crippen molar-refractivity contribution in [3.8, 4) is 5.75 Å². The molecule has 1 heterocycles. The zero-order valence-electron chi connectivity index (χ0n) is 12.5. The van der Waals surface area contributed by atoms with Crippen LogP contribution < -0.4 is 15.4 Å². The maximum atomic E-state index is 12.2. The SMILES string of the molecule is Cc1ccc(OC(C)C(=O)NC2CNCCC2C)cc1. The Morgan fingerprint density at radius 3 is 2.75 bits per heavy atom. The van der Waals surface area contributed by atoms with Crippen molar-refractivity contribution in [3.05, 3.63) is 29.8 Å². The van der Waals surface area contributed by atoms with E-state index < -0.39 is 6.10 Å². The minimum Gasteiger partial charge on any atom is -0.481 e. The van der Waals surface area contributed by atoms with Gasteiger partial charge in [-0.3, -0.25) is 4.79 Å². The lowest BCUT2D eigenvalue weighted by molar-refractivity contribution is -0.128. The van der Waals surface area contributed by atoms with Crippen LogP contribution in [0.2, 0.25) is 0 Å². The van der Waals surface area contributed by atoms with Gasteiger partial charge in [-0.15, -0.1) is 0 Å². The highest BCUT2D eigenvalue weighted by atomic mass is 16.5. The van der Waals surface area contributed by atoms with Gasteiger partial charge in [0.2, 0.25) is 0 Å². The number of benzene rings is 1. The van der Waals surface area contributed by atoms with Crippen molar-refractivity contribution in [2.75, 3.05) is 13.1 Å². The molecule has 0 aromatic heterocycles. The number of carbonyl (C=O) groups excluding carboxylic acids is 1. The molecule has 1 aliphatic rings. The first-order chi connectivity index (χ1) is 9.56. The van der Waals surface area contributed by atoms with E-state index in [1.807, 2.05) is 31.2 Å². The number of aryl methyl sites for hydroxylation is 1. The fourth-order valence-electron chi connectivity index (χ4n) is 2.36. The number of nitrogens with one attached hydrogen (secondary N) is 2. The lowest BCUT2D eigenvalue weighted by Crippen LogP contribution is -2.52. The Balaban J connectivity index is 1.86. The molecular formula is C16H24N2O2. The highest BCUT2D eigenvalue weighted by molar-refractivity contribution is 5.81. The molecule has 110 valence electrons. The van der Waals surface area contributed by atoms with Gasteiger partial charge in [-0.05, 0) is 44.9 Å². The molecule has 3 atom stereocenters. The second kappa shape index (κ2) is 6.75. The van der Waals surface area contributed by atoms with Crippen molar-refractivity contribution >= 4 is 5.91 Å². The van der Waals surface area contributed by atoms with Crippen molar-refractivity contribution in [1.29, 1.82) is 0 Å². The minimum absolute atomic E-state index is 0.0499. The highest BCUT2D eigenvalue weighted by Crippen LogP contribution is 2.15. The summed E-state index contributed by atoms with van der Waals surface area (Å²) in [5.41, 5.74) is 1.18. The number of hydrogen-bond acceptors (Lipinski definition) is 3. The number of carbonyl (C=O) groups is 1. The van der Waals surface area contributed by atoms with Gasteiger partial charge in [0.05, 0.1) is 0 Å². The minimum atomic E-state index is -0.480. The smallest absolute Gasteiger partial charge is 0.261 e. The monoisotopic (exact) mass is 276 g/mol. The summed E-state index contributed by atoms with van der Waals surface area (Å²) in [6.45, 7) is 7.86. The third-order valence-corrected chi connectivity index (χ3v) is 3.86. The molecule has 0 saturated carbocycles. The van der Waals surface area contributed by atoms with Crippen LogP contribution in [0.5, 0.6) is 5.75 Å². The van der Waals surface area contributed by atoms with Gasteiger partial charge in [-0.25, -0.2) is 0 Å². The molecular weight excluding hydrogens is 252 g/mol. The molecule has 1 aromatic carbocycles. The normalized spacial score (nSPS) is 23.9. The average Bonchev–Trinajstić information content (AvgIpc) is 2.44. The van der Waals surface area contributed by atoms with Crippen LogP contribution in [-0.4, -0.2) is 31.1 Å². The second-order valence-electron chi connectivity index (χ2n) is 5.66. The Morgan fingerprint density at radius 2 is 2.10 bits per heavy atom. The fraction of sp³-hybridized carbons (Fsp3) is 0.562. The quantitative estimate of drug-likeness (QED) is 0.883. The van der Waals surface area contributed by atoms with Gasteiger partial charge >= 0.3 is 0 Å². The van der Waals surface area contributed by atoms with E-state index in [2.05, 4.69) is 17.6 Å². The zero-order valence-corrected chi connectivity index (χ0v) is 12.5. The van der Waals surface area contributed by atoms with E-state index in [-0.39, 0.29) is 11.9 Å². The average molecular weight is 276 g/mol. The third kappa shape index (κ3) is 3.97. The first kappa shape index (κ1) is 14.9. The van der Waals surface area contributed by atoms with Crippen molar-refractivity contribution in [3.63, 3.8) is 0 Å². The largest absolute Gasteiger partial charge is 0.481 e. The summed E-state index contributed by atoms with van der Waals surface area (Å²) in [5.74, 6) is 1.19. The summed E-state index contributed by atoms with van der Waals surface area (Å²) in [7, 11) is 0. The first-order valence-electron chi connectivity index (χ1n) is 7.30. The molecule has 1 aromatic rings. The Morgan fingerprint density at radius 1 is 1.40 bits per heavy atom. The molecule has 0 aliphatic carbocycles. The maximum Gasteiger partial charge on any atom is 0.261 e. The van der Waals surface area contributed by atoms with Gasteiger partial charge in [0.1, 0.15) is 5.75 Å². The molecule has 0 spiro atoms. The van der Waals surface area contributed by atoms with E-state index in [0.717, 1.165) is 25.3 Å². The summed E-state index contributed by atoms with van der Waals surface area (Å²) >= 11 is 0. The van der Waals surface area contributed by atoms with Gasteiger partial charge in [0.25, 0.3) is 5.91 Å². The van der Waals surface area contributed by atoms with Crippen molar-refractivity contribution in [2.45, 2.75) is 39.3 Å². The maximum absolute atomic E-state index is 12.2. The van der Waals surface area contributed by atoms with Crippen LogP contribution in [0.3, 0.4) is 0 Å². The van der Waals surface area contributed by atoms with E-state index in [9.17, 15) is 4.79 Å². The molecule has 1 aliphatic heterocycles. The molecule has 4 heteroatoms. The Hall–Kier alpha value is -1.55.